The summed E-state index contributed by atoms with van der Waals surface area (Å²) in [5.74, 6) is 0. The molecule has 1 radical (unpaired) electrons. The van der Waals surface area contributed by atoms with Crippen molar-refractivity contribution in [3.8, 4) is 33.6 Å². The zero-order valence-corrected chi connectivity index (χ0v) is 19.9. The molecule has 0 amide bonds. The fraction of sp³-hybridized carbons (Fsp3) is 0. The van der Waals surface area contributed by atoms with Gasteiger partial charge in [0.25, 0.3) is 0 Å². The van der Waals surface area contributed by atoms with Crippen LogP contribution in [0.1, 0.15) is 5.56 Å². The summed E-state index contributed by atoms with van der Waals surface area (Å²) in [5, 5.41) is 0. The number of rotatable bonds is 3. The van der Waals surface area contributed by atoms with E-state index in [2.05, 4.69) is 41.2 Å². The maximum Gasteiger partial charge on any atom is 0.0262 e. The van der Waals surface area contributed by atoms with E-state index in [0.717, 1.165) is 28.1 Å². The Balaban J connectivity index is 0.000000184. The topological polar surface area (TPSA) is 25.8 Å². The van der Waals surface area contributed by atoms with Gasteiger partial charge in [-0.1, -0.05) is 48.5 Å². The minimum Gasteiger partial charge on any atom is -0.305 e. The Labute approximate surface area is 203 Å². The summed E-state index contributed by atoms with van der Waals surface area (Å²) in [4.78, 5) is 8.67. The zero-order chi connectivity index (χ0) is 21.3. The predicted molar refractivity (Wildman–Crippen MR) is 128 cm³/mol. The summed E-state index contributed by atoms with van der Waals surface area (Å²) < 4.78 is 0. The summed E-state index contributed by atoms with van der Waals surface area (Å²) in [6, 6.07) is 39.4. The molecular formula is C29H22IrN2-2. The zero-order valence-electron chi connectivity index (χ0n) is 17.5. The van der Waals surface area contributed by atoms with E-state index in [-0.39, 0.29) is 20.1 Å². The first-order valence-electron chi connectivity index (χ1n) is 10.1. The van der Waals surface area contributed by atoms with Crippen molar-refractivity contribution in [3.05, 3.63) is 140 Å². The van der Waals surface area contributed by atoms with Gasteiger partial charge in [0.2, 0.25) is 0 Å². The minimum absolute atomic E-state index is 0. The van der Waals surface area contributed by atoms with Gasteiger partial charge in [-0.05, 0) is 35.0 Å². The van der Waals surface area contributed by atoms with E-state index in [1.165, 1.54) is 11.1 Å². The standard InChI is InChI=1S/C17H12N.C12H10N.Ir/c1-3-7-14(8-4-1)16-11-12-18-17(13-16)15-9-5-2-6-10-15;1-10-6-2-3-7-11(10)12-8-4-5-9-13-12;/h1-9,11-13H;2-9H,1H2;/q2*-1;. The third-order valence-corrected chi connectivity index (χ3v) is 4.81. The third-order valence-electron chi connectivity index (χ3n) is 4.81. The SMILES string of the molecule is [CH2-]c1ccccc1-c1ccccn1.[Ir].[c-]1ccccc1-c1cc(-c2ccccc2)ccn1. The summed E-state index contributed by atoms with van der Waals surface area (Å²) >= 11 is 0. The molecule has 0 N–H and O–H groups in total. The molecule has 0 atom stereocenters. The molecule has 0 fully saturated rings. The van der Waals surface area contributed by atoms with Crippen LogP contribution in [0.3, 0.4) is 0 Å². The molecule has 0 aliphatic rings. The van der Waals surface area contributed by atoms with Crippen LogP contribution >= 0.6 is 0 Å². The number of aromatic nitrogens is 2. The van der Waals surface area contributed by atoms with Crippen LogP contribution in [0.15, 0.2) is 122 Å². The number of hydrogen-bond donors (Lipinski definition) is 0. The fourth-order valence-corrected chi connectivity index (χ4v) is 3.23. The van der Waals surface area contributed by atoms with Crippen LogP contribution in [-0.2, 0) is 20.1 Å². The van der Waals surface area contributed by atoms with Crippen LogP contribution in [-0.4, -0.2) is 9.97 Å². The van der Waals surface area contributed by atoms with Gasteiger partial charge in [0.15, 0.2) is 0 Å². The Morgan fingerprint density at radius 3 is 2.03 bits per heavy atom. The molecule has 3 aromatic carbocycles. The molecule has 0 saturated heterocycles. The molecule has 2 heterocycles. The van der Waals surface area contributed by atoms with Crippen LogP contribution in [0.2, 0.25) is 0 Å². The molecule has 2 nitrogen and oxygen atoms in total. The maximum absolute atomic E-state index is 4.40. The minimum atomic E-state index is 0. The van der Waals surface area contributed by atoms with Crippen molar-refractivity contribution in [1.82, 2.24) is 9.97 Å². The van der Waals surface area contributed by atoms with Gasteiger partial charge < -0.3 is 4.98 Å². The summed E-state index contributed by atoms with van der Waals surface area (Å²) in [6.07, 6.45) is 3.64. The fourth-order valence-electron chi connectivity index (χ4n) is 3.23. The van der Waals surface area contributed by atoms with Crippen LogP contribution in [0.25, 0.3) is 33.6 Å². The van der Waals surface area contributed by atoms with E-state index in [0.29, 0.717) is 0 Å². The number of benzene rings is 3. The predicted octanol–water partition coefficient (Wildman–Crippen LogP) is 7.14. The molecule has 32 heavy (non-hydrogen) atoms. The number of nitrogens with zero attached hydrogens (tertiary/aromatic N) is 2. The van der Waals surface area contributed by atoms with Gasteiger partial charge >= 0.3 is 0 Å². The largest absolute Gasteiger partial charge is 0.305 e. The van der Waals surface area contributed by atoms with Crippen molar-refractivity contribution < 1.29 is 20.1 Å². The summed E-state index contributed by atoms with van der Waals surface area (Å²) in [6.45, 7) is 3.96. The van der Waals surface area contributed by atoms with E-state index in [4.69, 9.17) is 0 Å². The number of pyridine rings is 2. The second kappa shape index (κ2) is 11.8. The quantitative estimate of drug-likeness (QED) is 0.209. The van der Waals surface area contributed by atoms with E-state index in [1.807, 2.05) is 97.2 Å². The normalized spacial score (nSPS) is 9.75. The van der Waals surface area contributed by atoms with Crippen molar-refractivity contribution in [2.24, 2.45) is 0 Å². The number of hydrogen-bond acceptors (Lipinski definition) is 2. The first-order valence-corrected chi connectivity index (χ1v) is 10.1. The third kappa shape index (κ3) is 6.01. The Bertz CT molecular complexity index is 1170. The summed E-state index contributed by atoms with van der Waals surface area (Å²) in [5.41, 5.74) is 7.46. The molecule has 3 heteroatoms. The maximum atomic E-state index is 4.40. The molecule has 2 aromatic heterocycles. The van der Waals surface area contributed by atoms with Crippen molar-refractivity contribution in [2.75, 3.05) is 0 Å². The monoisotopic (exact) mass is 591 g/mol. The van der Waals surface area contributed by atoms with Gasteiger partial charge in [-0.2, -0.15) is 18.6 Å². The first-order chi connectivity index (χ1) is 15.3. The molecule has 159 valence electrons. The van der Waals surface area contributed by atoms with Crippen molar-refractivity contribution in [3.63, 3.8) is 0 Å². The average Bonchev–Trinajstić information content (AvgIpc) is 2.86. The van der Waals surface area contributed by atoms with Crippen LogP contribution in [0, 0.1) is 13.0 Å². The second-order valence-electron chi connectivity index (χ2n) is 6.94. The Morgan fingerprint density at radius 2 is 1.31 bits per heavy atom. The molecular weight excluding hydrogens is 569 g/mol. The Morgan fingerprint density at radius 1 is 0.594 bits per heavy atom. The van der Waals surface area contributed by atoms with E-state index in [1.54, 1.807) is 6.20 Å². The first kappa shape index (κ1) is 23.1. The van der Waals surface area contributed by atoms with E-state index in [9.17, 15) is 0 Å². The molecule has 5 rings (SSSR count). The van der Waals surface area contributed by atoms with Gasteiger partial charge in [-0.3, -0.25) is 4.98 Å². The molecule has 0 aliphatic carbocycles. The van der Waals surface area contributed by atoms with Crippen LogP contribution < -0.4 is 0 Å². The molecule has 5 aromatic rings. The second-order valence-corrected chi connectivity index (χ2v) is 6.94. The molecule has 0 bridgehead atoms. The molecule has 0 saturated carbocycles. The van der Waals surface area contributed by atoms with Gasteiger partial charge in [0.05, 0.1) is 0 Å². The van der Waals surface area contributed by atoms with E-state index >= 15 is 0 Å². The van der Waals surface area contributed by atoms with Gasteiger partial charge in [-0.25, -0.2) is 0 Å². The molecule has 0 spiro atoms. The Hall–Kier alpha value is -3.52. The van der Waals surface area contributed by atoms with Gasteiger partial charge in [0, 0.05) is 38.2 Å². The van der Waals surface area contributed by atoms with Crippen molar-refractivity contribution in [2.45, 2.75) is 0 Å². The average molecular weight is 591 g/mol. The van der Waals surface area contributed by atoms with Gasteiger partial charge in [-0.15, -0.1) is 53.6 Å². The Kier molecular flexibility index (Phi) is 8.51. The van der Waals surface area contributed by atoms with Crippen molar-refractivity contribution >= 4 is 0 Å². The molecule has 0 unspecified atom stereocenters. The summed E-state index contributed by atoms with van der Waals surface area (Å²) in [7, 11) is 0. The van der Waals surface area contributed by atoms with Crippen LogP contribution in [0.4, 0.5) is 0 Å². The van der Waals surface area contributed by atoms with E-state index < -0.39 is 0 Å². The van der Waals surface area contributed by atoms with Crippen LogP contribution in [0.5, 0.6) is 0 Å². The molecule has 0 aliphatic heterocycles. The van der Waals surface area contributed by atoms with Crippen molar-refractivity contribution in [1.29, 1.82) is 0 Å². The van der Waals surface area contributed by atoms with Gasteiger partial charge in [0.1, 0.15) is 0 Å². The smallest absolute Gasteiger partial charge is 0.0262 e.